The van der Waals surface area contributed by atoms with Crippen LogP contribution in [0.15, 0.2) is 57.4 Å². The van der Waals surface area contributed by atoms with Crippen LogP contribution < -0.4 is 16.1 Å². The number of nitrogens with one attached hydrogen (secondary N) is 1. The Labute approximate surface area is 160 Å². The van der Waals surface area contributed by atoms with Crippen LogP contribution in [0.5, 0.6) is 0 Å². The van der Waals surface area contributed by atoms with Gasteiger partial charge in [-0.15, -0.1) is 11.3 Å². The molecule has 27 heavy (non-hydrogen) atoms. The van der Waals surface area contributed by atoms with Gasteiger partial charge in [-0.3, -0.25) is 19.8 Å². The van der Waals surface area contributed by atoms with Gasteiger partial charge in [0.15, 0.2) is 0 Å². The van der Waals surface area contributed by atoms with E-state index < -0.39 is 11.2 Å². The fourth-order valence-corrected chi connectivity index (χ4v) is 3.23. The molecule has 0 saturated carbocycles. The minimum atomic E-state index is -0.481. The predicted molar refractivity (Wildman–Crippen MR) is 109 cm³/mol. The largest absolute Gasteiger partial charge is 0.352 e. The smallest absolute Gasteiger partial charge is 0.329 e. The lowest BCUT2D eigenvalue weighted by Gasteiger charge is -2.22. The molecule has 1 aromatic carbocycles. The van der Waals surface area contributed by atoms with Crippen LogP contribution in [0.3, 0.4) is 0 Å². The Morgan fingerprint density at radius 1 is 1.22 bits per heavy atom. The van der Waals surface area contributed by atoms with Gasteiger partial charge in [-0.2, -0.15) is 0 Å². The summed E-state index contributed by atoms with van der Waals surface area (Å²) in [6.07, 6.45) is 0. The van der Waals surface area contributed by atoms with Crippen LogP contribution in [-0.2, 0) is 13.6 Å². The van der Waals surface area contributed by atoms with Gasteiger partial charge in [-0.1, -0.05) is 47.0 Å². The summed E-state index contributed by atoms with van der Waals surface area (Å²) >= 11 is 1.61. The maximum atomic E-state index is 12.6. The van der Waals surface area contributed by atoms with Gasteiger partial charge in [0.2, 0.25) is 5.56 Å². The van der Waals surface area contributed by atoms with E-state index in [9.17, 15) is 9.59 Å². The van der Waals surface area contributed by atoms with Crippen molar-refractivity contribution in [3.05, 3.63) is 89.5 Å². The van der Waals surface area contributed by atoms with Gasteiger partial charge in [0.25, 0.3) is 5.56 Å². The number of anilines is 1. The molecule has 3 rings (SSSR count). The molecule has 0 unspecified atom stereocenters. The zero-order valence-electron chi connectivity index (χ0n) is 15.0. The van der Waals surface area contributed by atoms with Crippen molar-refractivity contribution in [3.8, 4) is 6.07 Å². The van der Waals surface area contributed by atoms with E-state index in [1.54, 1.807) is 23.5 Å². The molecule has 0 amide bonds. The molecule has 3 aromatic rings. The maximum Gasteiger partial charge on any atom is 0.329 e. The lowest BCUT2D eigenvalue weighted by atomic mass is 10.3. The van der Waals surface area contributed by atoms with Crippen molar-refractivity contribution in [1.29, 1.82) is 0 Å². The van der Waals surface area contributed by atoms with Crippen molar-refractivity contribution in [2.24, 2.45) is 7.05 Å². The van der Waals surface area contributed by atoms with Gasteiger partial charge in [0.1, 0.15) is 5.82 Å². The van der Waals surface area contributed by atoms with Crippen LogP contribution in [0.25, 0.3) is 10.4 Å². The Hall–Kier alpha value is -3.31. The first kappa shape index (κ1) is 18.5. The van der Waals surface area contributed by atoms with Crippen LogP contribution in [0.1, 0.15) is 17.4 Å². The predicted octanol–water partition coefficient (Wildman–Crippen LogP) is 3.46. The van der Waals surface area contributed by atoms with E-state index in [1.165, 1.54) is 7.05 Å². The highest BCUT2D eigenvalue weighted by Gasteiger charge is 2.20. The Balaban J connectivity index is 2.00. The molecule has 8 heteroatoms. The van der Waals surface area contributed by atoms with Crippen molar-refractivity contribution in [3.63, 3.8) is 0 Å². The average molecular weight is 381 g/mol. The summed E-state index contributed by atoms with van der Waals surface area (Å²) in [5, 5.41) is 1.99. The van der Waals surface area contributed by atoms with E-state index in [0.717, 1.165) is 9.44 Å². The summed E-state index contributed by atoms with van der Waals surface area (Å²) in [5.74, 6) is 0.394. The second-order valence-electron chi connectivity index (χ2n) is 5.76. The van der Waals surface area contributed by atoms with E-state index in [1.807, 2.05) is 47.5 Å². The van der Waals surface area contributed by atoms with Gasteiger partial charge in [0, 0.05) is 18.5 Å². The van der Waals surface area contributed by atoms with Gasteiger partial charge in [-0.05, 0) is 18.4 Å². The number of aromatic nitrogens is 2. The van der Waals surface area contributed by atoms with Gasteiger partial charge < -0.3 is 4.90 Å². The summed E-state index contributed by atoms with van der Waals surface area (Å²) in [4.78, 5) is 34.5. The summed E-state index contributed by atoms with van der Waals surface area (Å²) in [6, 6.07) is 15.9. The molecule has 0 spiro atoms. The van der Waals surface area contributed by atoms with Gasteiger partial charge >= 0.3 is 11.8 Å². The van der Waals surface area contributed by atoms with Crippen LogP contribution in [0.4, 0.5) is 11.5 Å². The molecule has 0 atom stereocenters. The molecule has 2 aromatic heterocycles. The zero-order valence-corrected chi connectivity index (χ0v) is 15.9. The Morgan fingerprint density at radius 2 is 2.00 bits per heavy atom. The summed E-state index contributed by atoms with van der Waals surface area (Å²) < 4.78 is 1.00. The molecule has 0 bridgehead atoms. The quantitative estimate of drug-likeness (QED) is 0.688. The van der Waals surface area contributed by atoms with E-state index in [-0.39, 0.29) is 5.56 Å². The summed E-state index contributed by atoms with van der Waals surface area (Å²) in [5.41, 5.74) is 3.93. The molecule has 0 fully saturated rings. The molecule has 138 valence electrons. The molecule has 7 nitrogen and oxygen atoms in total. The monoisotopic (exact) mass is 381 g/mol. The number of nitrogens with zero attached hydrogens (tertiary/aromatic N) is 4. The fraction of sp³-hybridized carbons (Fsp3) is 0.211. The molecular weight excluding hydrogens is 362 g/mol. The van der Waals surface area contributed by atoms with Crippen molar-refractivity contribution >= 4 is 22.8 Å². The fourth-order valence-electron chi connectivity index (χ4n) is 2.51. The number of H-pyrrole nitrogens is 1. The Kier molecular flexibility index (Phi) is 5.74. The van der Waals surface area contributed by atoms with E-state index in [4.69, 9.17) is 0 Å². The van der Waals surface area contributed by atoms with Crippen molar-refractivity contribution in [1.82, 2.24) is 9.55 Å². The number of aromatic amines is 1. The minimum Gasteiger partial charge on any atom is -0.352 e. The zero-order chi connectivity index (χ0) is 19.2. The topological polar surface area (TPSA) is 76.6 Å². The molecular formula is C19H19N5O2S. The van der Waals surface area contributed by atoms with Gasteiger partial charge in [0.05, 0.1) is 6.54 Å². The molecule has 0 aliphatic rings. The van der Waals surface area contributed by atoms with Crippen LogP contribution in [0, 0.1) is 6.07 Å². The van der Waals surface area contributed by atoms with E-state index in [2.05, 4.69) is 21.4 Å². The Bertz CT molecular complexity index is 1080. The van der Waals surface area contributed by atoms with E-state index in [0.29, 0.717) is 24.6 Å². The van der Waals surface area contributed by atoms with E-state index >= 15 is 0 Å². The number of benzene rings is 1. The highest BCUT2D eigenvalue weighted by Crippen LogP contribution is 2.20. The van der Waals surface area contributed by atoms with Crippen LogP contribution in [0.2, 0.25) is 0 Å². The third-order valence-corrected chi connectivity index (χ3v) is 4.85. The van der Waals surface area contributed by atoms with Crippen molar-refractivity contribution < 1.29 is 0 Å². The Morgan fingerprint density at radius 3 is 2.67 bits per heavy atom. The molecule has 1 N–H and O–H groups in total. The average Bonchev–Trinajstić information content (AvgIpc) is 3.20. The first-order valence-electron chi connectivity index (χ1n) is 8.42. The highest BCUT2D eigenvalue weighted by atomic mass is 32.1. The van der Waals surface area contributed by atoms with Crippen LogP contribution in [-0.4, -0.2) is 16.1 Å². The summed E-state index contributed by atoms with van der Waals surface area (Å²) in [6.45, 7) is 3.13. The highest BCUT2D eigenvalue weighted by molar-refractivity contribution is 7.09. The third-order valence-electron chi connectivity index (χ3n) is 3.99. The first-order chi connectivity index (χ1) is 13.1. The minimum absolute atomic E-state index is 0.176. The number of hydrogen-bond acceptors (Lipinski definition) is 4. The maximum absolute atomic E-state index is 12.6. The second-order valence-corrected chi connectivity index (χ2v) is 6.79. The molecule has 2 heterocycles. The second kappa shape index (κ2) is 8.38. The number of thiophene rings is 1. The molecule has 0 aliphatic heterocycles. The van der Waals surface area contributed by atoms with Gasteiger partial charge in [-0.25, -0.2) is 4.79 Å². The normalized spacial score (nSPS) is 10.1. The van der Waals surface area contributed by atoms with Crippen molar-refractivity contribution in [2.75, 3.05) is 11.4 Å². The van der Waals surface area contributed by atoms with Crippen molar-refractivity contribution in [2.45, 2.75) is 13.5 Å². The standard InChI is InChI=1S/C19H19N5O2S/c1-3-24(13-15-10-7-11-27-15)17-16(18(25)23(2)19(26)21-17)12-20-22-14-8-5-4-6-9-14/h4-11H,3,13H2,1-2H3,(H,21,26). The third kappa shape index (κ3) is 4.27. The summed E-state index contributed by atoms with van der Waals surface area (Å²) in [7, 11) is 1.42. The SMILES string of the molecule is CCN(Cc1cccs1)c1[nH]c(=O)n(C)c(=O)c1C#[N+][N-]c1ccccc1. The van der Waals surface area contributed by atoms with Crippen LogP contribution >= 0.6 is 11.3 Å². The number of rotatable bonds is 5. The molecule has 0 saturated heterocycles. The molecule has 0 aliphatic carbocycles. The lowest BCUT2D eigenvalue weighted by molar-refractivity contribution is 0.742. The molecule has 0 radical (unpaired) electrons. The number of hydrogen-bond donors (Lipinski definition) is 1. The first-order valence-corrected chi connectivity index (χ1v) is 9.30. The lowest BCUT2D eigenvalue weighted by Crippen LogP contribution is -2.38.